The first-order chi connectivity index (χ1) is 6.96. The fourth-order valence-corrected chi connectivity index (χ4v) is 1.27. The molecule has 0 spiro atoms. The van der Waals surface area contributed by atoms with E-state index in [0.29, 0.717) is 6.42 Å². The Morgan fingerprint density at radius 3 is 2.47 bits per heavy atom. The molecule has 4 heteroatoms. The third-order valence-electron chi connectivity index (χ3n) is 2.34. The minimum absolute atomic E-state index is 0.440. The molecule has 0 aliphatic rings. The second-order valence-electron chi connectivity index (χ2n) is 3.79. The maximum atomic E-state index is 11.1. The first-order valence-corrected chi connectivity index (χ1v) is 5.14. The predicted octanol–water partition coefficient (Wildman–Crippen LogP) is 1.71. The third kappa shape index (κ3) is 4.63. The van der Waals surface area contributed by atoms with Crippen molar-refractivity contribution in [3.63, 3.8) is 0 Å². The molecule has 15 heavy (non-hydrogen) atoms. The van der Waals surface area contributed by atoms with E-state index in [9.17, 15) is 9.59 Å². The zero-order valence-electron chi connectivity index (χ0n) is 9.38. The Morgan fingerprint density at radius 1 is 1.47 bits per heavy atom. The summed E-state index contributed by atoms with van der Waals surface area (Å²) in [7, 11) is 0. The predicted molar refractivity (Wildman–Crippen MR) is 58.5 cm³/mol. The van der Waals surface area contributed by atoms with Crippen LogP contribution in [0.2, 0.25) is 0 Å². The molecule has 0 aromatic carbocycles. The largest absolute Gasteiger partial charge is 0.480 e. The summed E-state index contributed by atoms with van der Waals surface area (Å²) < 4.78 is 0. The SMILES string of the molecule is C=CC(=O)NC(C)(CCCCC)C(=O)O. The van der Waals surface area contributed by atoms with Gasteiger partial charge in [-0.3, -0.25) is 4.79 Å². The third-order valence-corrected chi connectivity index (χ3v) is 2.34. The van der Waals surface area contributed by atoms with Crippen LogP contribution < -0.4 is 5.32 Å². The normalized spacial score (nSPS) is 14.0. The summed E-state index contributed by atoms with van der Waals surface area (Å²) >= 11 is 0. The van der Waals surface area contributed by atoms with Crippen LogP contribution >= 0.6 is 0 Å². The Balaban J connectivity index is 4.38. The molecule has 0 rings (SSSR count). The highest BCUT2D eigenvalue weighted by Gasteiger charge is 2.33. The number of carbonyl (C=O) groups is 2. The van der Waals surface area contributed by atoms with Crippen LogP contribution in [0, 0.1) is 0 Å². The molecule has 4 nitrogen and oxygen atoms in total. The molecule has 0 radical (unpaired) electrons. The molecule has 0 saturated carbocycles. The van der Waals surface area contributed by atoms with Gasteiger partial charge >= 0.3 is 5.97 Å². The number of carboxylic acids is 1. The van der Waals surface area contributed by atoms with Crippen LogP contribution in [0.4, 0.5) is 0 Å². The molecule has 0 heterocycles. The van der Waals surface area contributed by atoms with Gasteiger partial charge in [0.25, 0.3) is 0 Å². The van der Waals surface area contributed by atoms with Crippen molar-refractivity contribution in [2.45, 2.75) is 45.1 Å². The van der Waals surface area contributed by atoms with Crippen LogP contribution in [0.3, 0.4) is 0 Å². The zero-order chi connectivity index (χ0) is 11.9. The highest BCUT2D eigenvalue weighted by molar-refractivity contribution is 5.92. The lowest BCUT2D eigenvalue weighted by molar-refractivity contribution is -0.146. The standard InChI is InChI=1S/C11H19NO3/c1-4-6-7-8-11(3,10(14)15)12-9(13)5-2/h5H,2,4,6-8H2,1,3H3,(H,12,13)(H,14,15). The van der Waals surface area contributed by atoms with Crippen molar-refractivity contribution in [3.05, 3.63) is 12.7 Å². The summed E-state index contributed by atoms with van der Waals surface area (Å²) in [6.45, 7) is 6.86. The van der Waals surface area contributed by atoms with Crippen molar-refractivity contribution in [2.24, 2.45) is 0 Å². The van der Waals surface area contributed by atoms with Crippen LogP contribution in [0.15, 0.2) is 12.7 Å². The Kier molecular flexibility index (Phi) is 5.67. The Bertz CT molecular complexity index is 250. The average Bonchev–Trinajstić information content (AvgIpc) is 2.17. The number of nitrogens with one attached hydrogen (secondary N) is 1. The van der Waals surface area contributed by atoms with Crippen molar-refractivity contribution in [2.75, 3.05) is 0 Å². The minimum Gasteiger partial charge on any atom is -0.480 e. The quantitative estimate of drug-likeness (QED) is 0.500. The number of amides is 1. The van der Waals surface area contributed by atoms with Gasteiger partial charge in [-0.05, 0) is 19.4 Å². The molecule has 0 fully saturated rings. The topological polar surface area (TPSA) is 66.4 Å². The monoisotopic (exact) mass is 213 g/mol. The molecule has 2 N–H and O–H groups in total. The fourth-order valence-electron chi connectivity index (χ4n) is 1.27. The molecule has 1 unspecified atom stereocenters. The van der Waals surface area contributed by atoms with E-state index in [1.807, 2.05) is 6.92 Å². The van der Waals surface area contributed by atoms with Crippen molar-refractivity contribution < 1.29 is 14.7 Å². The lowest BCUT2D eigenvalue weighted by Gasteiger charge is -2.25. The van der Waals surface area contributed by atoms with Gasteiger partial charge in [-0.15, -0.1) is 0 Å². The second kappa shape index (κ2) is 6.22. The maximum absolute atomic E-state index is 11.1. The lowest BCUT2D eigenvalue weighted by Crippen LogP contribution is -2.51. The second-order valence-corrected chi connectivity index (χ2v) is 3.79. The van der Waals surface area contributed by atoms with Crippen LogP contribution in [-0.4, -0.2) is 22.5 Å². The van der Waals surface area contributed by atoms with E-state index in [4.69, 9.17) is 5.11 Å². The Hall–Kier alpha value is -1.32. The number of hydrogen-bond donors (Lipinski definition) is 2. The molecular formula is C11H19NO3. The number of aliphatic carboxylic acids is 1. The van der Waals surface area contributed by atoms with Crippen LogP contribution in [0.5, 0.6) is 0 Å². The van der Waals surface area contributed by atoms with Crippen LogP contribution in [-0.2, 0) is 9.59 Å². The molecular weight excluding hydrogens is 194 g/mol. The van der Waals surface area contributed by atoms with E-state index < -0.39 is 17.4 Å². The van der Waals surface area contributed by atoms with E-state index in [2.05, 4.69) is 11.9 Å². The number of carboxylic acid groups (broad SMARTS) is 1. The van der Waals surface area contributed by atoms with E-state index in [0.717, 1.165) is 25.3 Å². The first kappa shape index (κ1) is 13.7. The zero-order valence-corrected chi connectivity index (χ0v) is 9.38. The Labute approximate surface area is 90.4 Å². The van der Waals surface area contributed by atoms with Crippen molar-refractivity contribution in [3.8, 4) is 0 Å². The molecule has 0 aliphatic carbocycles. The van der Waals surface area contributed by atoms with Gasteiger partial charge in [0.05, 0.1) is 0 Å². The van der Waals surface area contributed by atoms with E-state index >= 15 is 0 Å². The summed E-state index contributed by atoms with van der Waals surface area (Å²) in [5.74, 6) is -1.45. The molecule has 0 aromatic rings. The Morgan fingerprint density at radius 2 is 2.07 bits per heavy atom. The highest BCUT2D eigenvalue weighted by Crippen LogP contribution is 2.15. The highest BCUT2D eigenvalue weighted by atomic mass is 16.4. The fraction of sp³-hybridized carbons (Fsp3) is 0.636. The summed E-state index contributed by atoms with van der Waals surface area (Å²) in [6.07, 6.45) is 4.30. The molecule has 1 atom stereocenters. The van der Waals surface area contributed by atoms with Gasteiger partial charge in [0.1, 0.15) is 5.54 Å². The van der Waals surface area contributed by atoms with Crippen LogP contribution in [0.1, 0.15) is 39.5 Å². The van der Waals surface area contributed by atoms with Gasteiger partial charge in [-0.25, -0.2) is 4.79 Å². The number of carbonyl (C=O) groups excluding carboxylic acids is 1. The lowest BCUT2D eigenvalue weighted by atomic mass is 9.94. The van der Waals surface area contributed by atoms with Gasteiger partial charge in [0.2, 0.25) is 5.91 Å². The van der Waals surface area contributed by atoms with E-state index in [1.54, 1.807) is 0 Å². The molecule has 86 valence electrons. The van der Waals surface area contributed by atoms with Gasteiger partial charge in [-0.1, -0.05) is 32.8 Å². The summed E-state index contributed by atoms with van der Waals surface area (Å²) in [5, 5.41) is 11.5. The minimum atomic E-state index is -1.18. The summed E-state index contributed by atoms with van der Waals surface area (Å²) in [4.78, 5) is 22.1. The van der Waals surface area contributed by atoms with Gasteiger partial charge in [0, 0.05) is 0 Å². The van der Waals surface area contributed by atoms with Crippen molar-refractivity contribution in [1.82, 2.24) is 5.32 Å². The molecule has 0 bridgehead atoms. The number of hydrogen-bond acceptors (Lipinski definition) is 2. The van der Waals surface area contributed by atoms with Crippen LogP contribution in [0.25, 0.3) is 0 Å². The smallest absolute Gasteiger partial charge is 0.329 e. The van der Waals surface area contributed by atoms with Gasteiger partial charge in [-0.2, -0.15) is 0 Å². The van der Waals surface area contributed by atoms with Gasteiger partial charge in [0.15, 0.2) is 0 Å². The van der Waals surface area contributed by atoms with E-state index in [-0.39, 0.29) is 0 Å². The summed E-state index contributed by atoms with van der Waals surface area (Å²) in [5.41, 5.74) is -1.18. The van der Waals surface area contributed by atoms with Gasteiger partial charge < -0.3 is 10.4 Å². The molecule has 0 saturated heterocycles. The number of rotatable bonds is 7. The number of unbranched alkanes of at least 4 members (excludes halogenated alkanes) is 2. The van der Waals surface area contributed by atoms with Crippen molar-refractivity contribution in [1.29, 1.82) is 0 Å². The summed E-state index contributed by atoms with van der Waals surface area (Å²) in [6, 6.07) is 0. The average molecular weight is 213 g/mol. The maximum Gasteiger partial charge on any atom is 0.329 e. The van der Waals surface area contributed by atoms with E-state index in [1.165, 1.54) is 6.92 Å². The molecule has 0 aromatic heterocycles. The first-order valence-electron chi connectivity index (χ1n) is 5.14. The molecule has 1 amide bonds. The molecule has 0 aliphatic heterocycles. The van der Waals surface area contributed by atoms with Crippen molar-refractivity contribution >= 4 is 11.9 Å².